The molecular weight excluding hydrogens is 250 g/mol. The van der Waals surface area contributed by atoms with E-state index in [1.165, 1.54) is 38.8 Å². The number of likely N-dealkylation sites (tertiary alicyclic amines) is 1. The van der Waals surface area contributed by atoms with E-state index in [9.17, 15) is 4.79 Å². The molecule has 1 aliphatic rings. The van der Waals surface area contributed by atoms with Gasteiger partial charge in [-0.25, -0.2) is 0 Å². The molecule has 1 rings (SSSR count). The second-order valence-corrected chi connectivity index (χ2v) is 6.19. The summed E-state index contributed by atoms with van der Waals surface area (Å²) in [5.41, 5.74) is 0. The summed E-state index contributed by atoms with van der Waals surface area (Å²) >= 11 is 0. The second kappa shape index (κ2) is 10.2. The number of amides is 1. The van der Waals surface area contributed by atoms with E-state index < -0.39 is 0 Å². The average Bonchev–Trinajstić information content (AvgIpc) is 2.45. The van der Waals surface area contributed by atoms with Crippen LogP contribution in [0.15, 0.2) is 0 Å². The van der Waals surface area contributed by atoms with Gasteiger partial charge in [-0.1, -0.05) is 20.3 Å². The molecule has 0 spiro atoms. The van der Waals surface area contributed by atoms with Gasteiger partial charge in [0.05, 0.1) is 6.54 Å². The molecule has 0 saturated carbocycles. The van der Waals surface area contributed by atoms with E-state index in [1.807, 2.05) is 0 Å². The van der Waals surface area contributed by atoms with Crippen molar-refractivity contribution >= 4 is 5.91 Å². The minimum absolute atomic E-state index is 0.186. The smallest absolute Gasteiger partial charge is 0.234 e. The SMILES string of the molecule is CCCCN(C)CC1CCN(CC(=O)NCCC)CC1. The Kier molecular flexibility index (Phi) is 8.86. The Hall–Kier alpha value is -0.610. The van der Waals surface area contributed by atoms with Gasteiger partial charge in [0.1, 0.15) is 0 Å². The molecule has 118 valence electrons. The summed E-state index contributed by atoms with van der Waals surface area (Å²) in [6.07, 6.45) is 6.05. The van der Waals surface area contributed by atoms with Gasteiger partial charge < -0.3 is 10.2 Å². The lowest BCUT2D eigenvalue weighted by atomic mass is 9.96. The first-order valence-electron chi connectivity index (χ1n) is 8.33. The van der Waals surface area contributed by atoms with E-state index in [2.05, 4.69) is 36.0 Å². The topological polar surface area (TPSA) is 35.6 Å². The van der Waals surface area contributed by atoms with Gasteiger partial charge in [0, 0.05) is 13.1 Å². The average molecular weight is 283 g/mol. The van der Waals surface area contributed by atoms with Crippen LogP contribution >= 0.6 is 0 Å². The van der Waals surface area contributed by atoms with Crippen LogP contribution in [0, 0.1) is 5.92 Å². The summed E-state index contributed by atoms with van der Waals surface area (Å²) in [4.78, 5) is 16.5. The van der Waals surface area contributed by atoms with E-state index in [4.69, 9.17) is 0 Å². The predicted molar refractivity (Wildman–Crippen MR) is 84.9 cm³/mol. The number of piperidine rings is 1. The standard InChI is InChI=1S/C16H33N3O/c1-4-6-10-18(3)13-15-7-11-19(12-8-15)14-16(20)17-9-5-2/h15H,4-14H2,1-3H3,(H,17,20). The van der Waals surface area contributed by atoms with Gasteiger partial charge in [-0.3, -0.25) is 9.69 Å². The normalized spacial score (nSPS) is 17.6. The summed E-state index contributed by atoms with van der Waals surface area (Å²) < 4.78 is 0. The zero-order valence-electron chi connectivity index (χ0n) is 13.7. The number of hydrogen-bond donors (Lipinski definition) is 1. The lowest BCUT2D eigenvalue weighted by Gasteiger charge is -2.33. The molecule has 1 aliphatic heterocycles. The summed E-state index contributed by atoms with van der Waals surface area (Å²) in [5.74, 6) is 0.997. The molecule has 0 aromatic heterocycles. The van der Waals surface area contributed by atoms with Gasteiger partial charge in [0.15, 0.2) is 0 Å². The van der Waals surface area contributed by atoms with Crippen molar-refractivity contribution in [2.45, 2.75) is 46.0 Å². The van der Waals surface area contributed by atoms with Crippen LogP contribution in [0.1, 0.15) is 46.0 Å². The molecule has 0 bridgehead atoms. The van der Waals surface area contributed by atoms with Crippen LogP contribution in [0.2, 0.25) is 0 Å². The maximum Gasteiger partial charge on any atom is 0.234 e. The van der Waals surface area contributed by atoms with Crippen molar-refractivity contribution in [1.82, 2.24) is 15.1 Å². The molecule has 1 heterocycles. The zero-order valence-corrected chi connectivity index (χ0v) is 13.7. The van der Waals surface area contributed by atoms with Crippen LogP contribution < -0.4 is 5.32 Å². The molecule has 0 unspecified atom stereocenters. The van der Waals surface area contributed by atoms with Crippen LogP contribution in [0.5, 0.6) is 0 Å². The van der Waals surface area contributed by atoms with Gasteiger partial charge in [0.2, 0.25) is 5.91 Å². The number of carbonyl (C=O) groups is 1. The van der Waals surface area contributed by atoms with Crippen LogP contribution in [-0.2, 0) is 4.79 Å². The molecular formula is C16H33N3O. The Labute approximate surface area is 124 Å². The number of unbranched alkanes of at least 4 members (excludes halogenated alkanes) is 1. The van der Waals surface area contributed by atoms with E-state index in [0.29, 0.717) is 6.54 Å². The molecule has 0 atom stereocenters. The summed E-state index contributed by atoms with van der Waals surface area (Å²) in [5, 5.41) is 2.96. The van der Waals surface area contributed by atoms with Gasteiger partial charge in [-0.15, -0.1) is 0 Å². The Bertz CT molecular complexity index is 262. The molecule has 4 heteroatoms. The third kappa shape index (κ3) is 7.25. The minimum Gasteiger partial charge on any atom is -0.355 e. The highest BCUT2D eigenvalue weighted by atomic mass is 16.2. The van der Waals surface area contributed by atoms with Crippen LogP contribution in [0.4, 0.5) is 0 Å². The first-order valence-corrected chi connectivity index (χ1v) is 8.33. The van der Waals surface area contributed by atoms with E-state index in [0.717, 1.165) is 32.0 Å². The molecule has 0 aliphatic carbocycles. The van der Waals surface area contributed by atoms with Gasteiger partial charge >= 0.3 is 0 Å². The molecule has 1 fully saturated rings. The molecule has 0 aromatic carbocycles. The fraction of sp³-hybridized carbons (Fsp3) is 0.938. The summed E-state index contributed by atoms with van der Waals surface area (Å²) in [7, 11) is 2.24. The minimum atomic E-state index is 0.186. The number of carbonyl (C=O) groups excluding carboxylic acids is 1. The Morgan fingerprint density at radius 3 is 2.55 bits per heavy atom. The molecule has 0 aromatic rings. The van der Waals surface area contributed by atoms with Gasteiger partial charge in [-0.05, 0) is 58.3 Å². The molecule has 20 heavy (non-hydrogen) atoms. The largest absolute Gasteiger partial charge is 0.355 e. The third-order valence-corrected chi connectivity index (χ3v) is 4.11. The fourth-order valence-electron chi connectivity index (χ4n) is 2.81. The quantitative estimate of drug-likeness (QED) is 0.702. The van der Waals surface area contributed by atoms with Crippen molar-refractivity contribution in [3.8, 4) is 0 Å². The third-order valence-electron chi connectivity index (χ3n) is 4.11. The summed E-state index contributed by atoms with van der Waals surface area (Å²) in [6, 6.07) is 0. The Morgan fingerprint density at radius 2 is 1.95 bits per heavy atom. The van der Waals surface area contributed by atoms with E-state index >= 15 is 0 Å². The fourth-order valence-corrected chi connectivity index (χ4v) is 2.81. The van der Waals surface area contributed by atoms with E-state index in [1.54, 1.807) is 0 Å². The van der Waals surface area contributed by atoms with Crippen molar-refractivity contribution in [1.29, 1.82) is 0 Å². The van der Waals surface area contributed by atoms with Crippen molar-refractivity contribution in [3.05, 3.63) is 0 Å². The molecule has 4 nitrogen and oxygen atoms in total. The first kappa shape index (κ1) is 17.4. The zero-order chi connectivity index (χ0) is 14.8. The van der Waals surface area contributed by atoms with Gasteiger partial charge in [0.25, 0.3) is 0 Å². The maximum atomic E-state index is 11.7. The van der Waals surface area contributed by atoms with Gasteiger partial charge in [-0.2, -0.15) is 0 Å². The van der Waals surface area contributed by atoms with Crippen LogP contribution in [0.3, 0.4) is 0 Å². The number of nitrogens with zero attached hydrogens (tertiary/aromatic N) is 2. The van der Waals surface area contributed by atoms with Crippen LogP contribution in [-0.4, -0.2) is 62.0 Å². The number of nitrogens with one attached hydrogen (secondary N) is 1. The van der Waals surface area contributed by atoms with Crippen molar-refractivity contribution < 1.29 is 4.79 Å². The van der Waals surface area contributed by atoms with Crippen LogP contribution in [0.25, 0.3) is 0 Å². The number of rotatable bonds is 9. The highest BCUT2D eigenvalue weighted by Crippen LogP contribution is 2.17. The van der Waals surface area contributed by atoms with Crippen molar-refractivity contribution in [2.24, 2.45) is 5.92 Å². The van der Waals surface area contributed by atoms with Crippen molar-refractivity contribution in [2.75, 3.05) is 46.3 Å². The van der Waals surface area contributed by atoms with E-state index in [-0.39, 0.29) is 5.91 Å². The lowest BCUT2D eigenvalue weighted by Crippen LogP contribution is -2.43. The second-order valence-electron chi connectivity index (χ2n) is 6.19. The summed E-state index contributed by atoms with van der Waals surface area (Å²) in [6.45, 7) is 10.3. The Balaban J connectivity index is 2.14. The monoisotopic (exact) mass is 283 g/mol. The molecule has 1 amide bonds. The molecule has 1 saturated heterocycles. The highest BCUT2D eigenvalue weighted by molar-refractivity contribution is 5.77. The molecule has 1 N–H and O–H groups in total. The predicted octanol–water partition coefficient (Wildman–Crippen LogP) is 1.96. The van der Waals surface area contributed by atoms with Crippen molar-refractivity contribution in [3.63, 3.8) is 0 Å². The number of hydrogen-bond acceptors (Lipinski definition) is 3. The lowest BCUT2D eigenvalue weighted by molar-refractivity contribution is -0.122. The Morgan fingerprint density at radius 1 is 1.25 bits per heavy atom. The maximum absolute atomic E-state index is 11.7. The highest BCUT2D eigenvalue weighted by Gasteiger charge is 2.21. The first-order chi connectivity index (χ1) is 9.65. The molecule has 0 radical (unpaired) electrons.